The van der Waals surface area contributed by atoms with Gasteiger partial charge in [0.2, 0.25) is 0 Å². The van der Waals surface area contributed by atoms with E-state index in [1.54, 1.807) is 0 Å². The molecular weight excluding hydrogens is 228 g/mol. The van der Waals surface area contributed by atoms with Crippen LogP contribution in [-0.2, 0) is 4.74 Å². The second kappa shape index (κ2) is 6.85. The van der Waals surface area contributed by atoms with E-state index in [0.29, 0.717) is 6.54 Å². The number of piperidine rings is 1. The molecule has 0 aromatic rings. The quantitative estimate of drug-likeness (QED) is 0.677. The monoisotopic (exact) mass is 258 g/mol. The van der Waals surface area contributed by atoms with Crippen molar-refractivity contribution < 1.29 is 9.84 Å². The second-order valence-electron chi connectivity index (χ2n) is 6.19. The number of ether oxygens (including phenoxy) is 1. The number of nitrogens with zero attached hydrogens (tertiary/aromatic N) is 1. The number of aliphatic hydroxyl groups is 1. The highest BCUT2D eigenvalue weighted by Crippen LogP contribution is 2.24. The zero-order valence-corrected chi connectivity index (χ0v) is 12.2. The molecule has 1 aliphatic heterocycles. The molecule has 1 fully saturated rings. The predicted octanol–water partition coefficient (Wildman–Crippen LogP) is 1.37. The summed E-state index contributed by atoms with van der Waals surface area (Å²) in [6.07, 6.45) is 5.31. The van der Waals surface area contributed by atoms with Gasteiger partial charge in [0.05, 0.1) is 11.2 Å². The highest BCUT2D eigenvalue weighted by atomic mass is 16.5. The van der Waals surface area contributed by atoms with Crippen LogP contribution >= 0.6 is 0 Å². The highest BCUT2D eigenvalue weighted by Gasteiger charge is 2.30. The van der Waals surface area contributed by atoms with Gasteiger partial charge < -0.3 is 20.5 Å². The Hall–Kier alpha value is -0.160. The van der Waals surface area contributed by atoms with E-state index >= 15 is 0 Å². The largest absolute Gasteiger partial charge is 0.389 e. The minimum absolute atomic E-state index is 0.0288. The molecule has 0 aliphatic carbocycles. The second-order valence-corrected chi connectivity index (χ2v) is 6.19. The maximum Gasteiger partial charge on any atom is 0.0777 e. The van der Waals surface area contributed by atoms with Crippen molar-refractivity contribution in [1.82, 2.24) is 4.90 Å². The molecule has 0 spiro atoms. The minimum atomic E-state index is -0.692. The summed E-state index contributed by atoms with van der Waals surface area (Å²) >= 11 is 0. The molecule has 3 N–H and O–H groups in total. The first-order chi connectivity index (χ1) is 8.41. The van der Waals surface area contributed by atoms with E-state index in [4.69, 9.17) is 10.5 Å². The van der Waals surface area contributed by atoms with Crippen LogP contribution in [0.1, 0.15) is 46.0 Å². The van der Waals surface area contributed by atoms with Crippen LogP contribution in [0.3, 0.4) is 0 Å². The molecule has 1 saturated heterocycles. The zero-order valence-electron chi connectivity index (χ0n) is 12.2. The fourth-order valence-electron chi connectivity index (χ4n) is 2.61. The molecule has 4 nitrogen and oxygen atoms in total. The summed E-state index contributed by atoms with van der Waals surface area (Å²) < 4.78 is 5.59. The van der Waals surface area contributed by atoms with Crippen molar-refractivity contribution in [1.29, 1.82) is 0 Å². The SMILES string of the molecule is COC1(C)CCCN(CCCCC(C)(O)CN)C1. The molecule has 0 bridgehead atoms. The lowest BCUT2D eigenvalue weighted by atomic mass is 9.94. The molecular formula is C14H30N2O2. The van der Waals surface area contributed by atoms with Crippen LogP contribution in [0.25, 0.3) is 0 Å². The fraction of sp³-hybridized carbons (Fsp3) is 1.00. The Balaban J connectivity index is 2.20. The van der Waals surface area contributed by atoms with Crippen LogP contribution in [-0.4, -0.2) is 54.5 Å². The molecule has 1 aliphatic rings. The van der Waals surface area contributed by atoms with Crippen molar-refractivity contribution in [2.24, 2.45) is 5.73 Å². The molecule has 1 heterocycles. The van der Waals surface area contributed by atoms with Gasteiger partial charge in [-0.15, -0.1) is 0 Å². The molecule has 2 unspecified atom stereocenters. The Kier molecular flexibility index (Phi) is 6.05. The van der Waals surface area contributed by atoms with Gasteiger partial charge in [-0.3, -0.25) is 0 Å². The Bertz CT molecular complexity index is 246. The van der Waals surface area contributed by atoms with E-state index in [1.807, 2.05) is 14.0 Å². The number of nitrogens with two attached hydrogens (primary N) is 1. The predicted molar refractivity (Wildman–Crippen MR) is 74.6 cm³/mol. The first-order valence-corrected chi connectivity index (χ1v) is 7.11. The Morgan fingerprint density at radius 2 is 2.17 bits per heavy atom. The fourth-order valence-corrected chi connectivity index (χ4v) is 2.61. The van der Waals surface area contributed by atoms with Crippen molar-refractivity contribution in [3.8, 4) is 0 Å². The summed E-state index contributed by atoms with van der Waals surface area (Å²) in [5.41, 5.74) is 4.85. The Morgan fingerprint density at radius 1 is 1.44 bits per heavy atom. The molecule has 1 rings (SSSR count). The van der Waals surface area contributed by atoms with E-state index in [-0.39, 0.29) is 5.60 Å². The number of hydrogen-bond acceptors (Lipinski definition) is 4. The molecule has 0 radical (unpaired) electrons. The van der Waals surface area contributed by atoms with Gasteiger partial charge in [-0.2, -0.15) is 0 Å². The summed E-state index contributed by atoms with van der Waals surface area (Å²) in [4.78, 5) is 2.48. The van der Waals surface area contributed by atoms with Crippen molar-refractivity contribution >= 4 is 0 Å². The normalized spacial score (nSPS) is 29.2. The summed E-state index contributed by atoms with van der Waals surface area (Å²) in [5.74, 6) is 0. The van der Waals surface area contributed by atoms with Crippen LogP contribution in [0, 0.1) is 0 Å². The minimum Gasteiger partial charge on any atom is -0.389 e. The lowest BCUT2D eigenvalue weighted by Gasteiger charge is -2.39. The van der Waals surface area contributed by atoms with E-state index < -0.39 is 5.60 Å². The summed E-state index contributed by atoms with van der Waals surface area (Å²) in [6, 6.07) is 0. The van der Waals surface area contributed by atoms with Crippen LogP contribution in [0.15, 0.2) is 0 Å². The number of methoxy groups -OCH3 is 1. The smallest absolute Gasteiger partial charge is 0.0777 e. The molecule has 108 valence electrons. The van der Waals surface area contributed by atoms with Crippen LogP contribution in [0.2, 0.25) is 0 Å². The number of likely N-dealkylation sites (tertiary alicyclic amines) is 1. The third kappa shape index (κ3) is 5.22. The summed E-state index contributed by atoms with van der Waals surface area (Å²) in [5, 5.41) is 9.82. The maximum absolute atomic E-state index is 9.82. The van der Waals surface area contributed by atoms with Crippen LogP contribution < -0.4 is 5.73 Å². The summed E-state index contributed by atoms with van der Waals surface area (Å²) in [7, 11) is 1.81. The number of hydrogen-bond donors (Lipinski definition) is 2. The average molecular weight is 258 g/mol. The van der Waals surface area contributed by atoms with Crippen molar-refractivity contribution in [3.05, 3.63) is 0 Å². The molecule has 0 aromatic heterocycles. The van der Waals surface area contributed by atoms with Gasteiger partial charge in [0.15, 0.2) is 0 Å². The average Bonchev–Trinajstić information content (AvgIpc) is 2.35. The topological polar surface area (TPSA) is 58.7 Å². The standard InChI is InChI=1S/C14H30N2O2/c1-13(17,11-15)7-4-5-9-16-10-6-8-14(2,12-16)18-3/h17H,4-12,15H2,1-3H3. The molecule has 0 amide bonds. The van der Waals surface area contributed by atoms with Crippen molar-refractivity contribution in [3.63, 3.8) is 0 Å². The van der Waals surface area contributed by atoms with Crippen molar-refractivity contribution in [2.75, 3.05) is 33.3 Å². The highest BCUT2D eigenvalue weighted by molar-refractivity contribution is 4.84. The third-order valence-electron chi connectivity index (χ3n) is 4.11. The van der Waals surface area contributed by atoms with Gasteiger partial charge in [-0.25, -0.2) is 0 Å². The zero-order chi connectivity index (χ0) is 13.6. The van der Waals surface area contributed by atoms with Gasteiger partial charge in [-0.1, -0.05) is 0 Å². The lowest BCUT2D eigenvalue weighted by molar-refractivity contribution is -0.0511. The van der Waals surface area contributed by atoms with Gasteiger partial charge in [0.25, 0.3) is 0 Å². The molecule has 2 atom stereocenters. The van der Waals surface area contributed by atoms with Crippen molar-refractivity contribution in [2.45, 2.75) is 57.2 Å². The van der Waals surface area contributed by atoms with Gasteiger partial charge in [0, 0.05) is 20.2 Å². The maximum atomic E-state index is 9.82. The number of rotatable bonds is 7. The molecule has 4 heteroatoms. The Morgan fingerprint density at radius 3 is 2.78 bits per heavy atom. The Labute approximate surface area is 111 Å². The van der Waals surface area contributed by atoms with Crippen LogP contribution in [0.5, 0.6) is 0 Å². The van der Waals surface area contributed by atoms with Gasteiger partial charge in [0.1, 0.15) is 0 Å². The van der Waals surface area contributed by atoms with Gasteiger partial charge >= 0.3 is 0 Å². The first-order valence-electron chi connectivity index (χ1n) is 7.11. The molecule has 0 saturated carbocycles. The van der Waals surface area contributed by atoms with Gasteiger partial charge in [-0.05, 0) is 59.0 Å². The molecule has 18 heavy (non-hydrogen) atoms. The first kappa shape index (κ1) is 15.9. The van der Waals surface area contributed by atoms with Crippen LogP contribution in [0.4, 0.5) is 0 Å². The number of unbranched alkanes of at least 4 members (excludes halogenated alkanes) is 1. The van der Waals surface area contributed by atoms with E-state index in [1.165, 1.54) is 13.0 Å². The third-order valence-corrected chi connectivity index (χ3v) is 4.11. The van der Waals surface area contributed by atoms with E-state index in [2.05, 4.69) is 11.8 Å². The molecule has 0 aromatic carbocycles. The van der Waals surface area contributed by atoms with E-state index in [9.17, 15) is 5.11 Å². The lowest BCUT2D eigenvalue weighted by Crippen LogP contribution is -2.47. The van der Waals surface area contributed by atoms with E-state index in [0.717, 1.165) is 38.8 Å². The summed E-state index contributed by atoms with van der Waals surface area (Å²) in [6.45, 7) is 7.65.